The maximum atomic E-state index is 13.0. The number of aliphatic carboxylic acids is 1. The second-order valence-corrected chi connectivity index (χ2v) is 7.81. The Bertz CT molecular complexity index is 984. The molecule has 1 aliphatic heterocycles. The summed E-state index contributed by atoms with van der Waals surface area (Å²) in [7, 11) is -2.36. The van der Waals surface area contributed by atoms with Crippen molar-refractivity contribution in [2.45, 2.75) is 18.2 Å². The molecule has 1 aliphatic rings. The van der Waals surface area contributed by atoms with Gasteiger partial charge in [0.05, 0.1) is 10.6 Å². The quantitative estimate of drug-likeness (QED) is 0.847. The molecule has 0 aromatic heterocycles. The fraction of sp³-hybridized carbons (Fsp3) is 0.294. The van der Waals surface area contributed by atoms with Crippen molar-refractivity contribution in [3.63, 3.8) is 0 Å². The molecule has 0 fully saturated rings. The van der Waals surface area contributed by atoms with Crippen LogP contribution in [0.5, 0.6) is 0 Å². The van der Waals surface area contributed by atoms with Crippen molar-refractivity contribution in [3.05, 3.63) is 35.9 Å². The molecule has 1 amide bonds. The van der Waals surface area contributed by atoms with Crippen LogP contribution in [0.3, 0.4) is 0 Å². The van der Waals surface area contributed by atoms with Gasteiger partial charge in [-0.2, -0.15) is 4.31 Å². The first kappa shape index (κ1) is 17.4. The average Bonchev–Trinajstić information content (AvgIpc) is 2.81. The molecule has 0 atom stereocenters. The van der Waals surface area contributed by atoms with Gasteiger partial charge < -0.3 is 10.0 Å². The molecule has 7 nitrogen and oxygen atoms in total. The number of nitrogens with zero attached hydrogens (tertiary/aromatic N) is 2. The van der Waals surface area contributed by atoms with Crippen LogP contribution >= 0.6 is 0 Å². The van der Waals surface area contributed by atoms with E-state index in [0.29, 0.717) is 28.4 Å². The molecule has 2 aromatic rings. The third-order valence-electron chi connectivity index (χ3n) is 4.28. The first-order chi connectivity index (χ1) is 11.8. The molecule has 0 spiro atoms. The number of hydrogen-bond acceptors (Lipinski definition) is 4. The van der Waals surface area contributed by atoms with Crippen molar-refractivity contribution in [1.82, 2.24) is 4.31 Å². The Morgan fingerprint density at radius 2 is 1.96 bits per heavy atom. The fourth-order valence-corrected chi connectivity index (χ4v) is 4.83. The Kier molecular flexibility index (Phi) is 4.26. The zero-order valence-corrected chi connectivity index (χ0v) is 14.7. The topological polar surface area (TPSA) is 95.0 Å². The molecule has 25 heavy (non-hydrogen) atoms. The molecule has 0 unspecified atom stereocenters. The van der Waals surface area contributed by atoms with Crippen LogP contribution in [-0.2, 0) is 14.8 Å². The molecule has 132 valence electrons. The summed E-state index contributed by atoms with van der Waals surface area (Å²) in [6, 6.07) is 7.98. The Balaban J connectivity index is 2.23. The highest BCUT2D eigenvalue weighted by atomic mass is 32.2. The van der Waals surface area contributed by atoms with E-state index in [1.807, 2.05) is 0 Å². The molecule has 2 aromatic carbocycles. The molecule has 3 rings (SSSR count). The summed E-state index contributed by atoms with van der Waals surface area (Å²) in [6.45, 7) is 1.29. The van der Waals surface area contributed by atoms with E-state index < -0.39 is 22.5 Å². The maximum Gasteiger partial charge on any atom is 0.318 e. The van der Waals surface area contributed by atoms with Crippen LogP contribution in [-0.4, -0.2) is 49.8 Å². The highest BCUT2D eigenvalue weighted by Gasteiger charge is 2.32. The molecule has 0 radical (unpaired) electrons. The van der Waals surface area contributed by atoms with Gasteiger partial charge in [0, 0.05) is 29.9 Å². The van der Waals surface area contributed by atoms with Crippen molar-refractivity contribution < 1.29 is 23.1 Å². The minimum atomic E-state index is -4.00. The normalized spacial score (nSPS) is 13.9. The van der Waals surface area contributed by atoms with Crippen LogP contribution < -0.4 is 4.90 Å². The third-order valence-corrected chi connectivity index (χ3v) is 6.18. The lowest BCUT2D eigenvalue weighted by Gasteiger charge is -2.21. The fourth-order valence-electron chi connectivity index (χ4n) is 3.16. The molecule has 0 saturated carbocycles. The van der Waals surface area contributed by atoms with Gasteiger partial charge >= 0.3 is 5.97 Å². The van der Waals surface area contributed by atoms with Gasteiger partial charge in [-0.25, -0.2) is 8.42 Å². The predicted molar refractivity (Wildman–Crippen MR) is 93.4 cm³/mol. The largest absolute Gasteiger partial charge is 0.480 e. The third kappa shape index (κ3) is 2.67. The van der Waals surface area contributed by atoms with Gasteiger partial charge in [0.25, 0.3) is 5.91 Å². The number of hydrogen-bond donors (Lipinski definition) is 1. The summed E-state index contributed by atoms with van der Waals surface area (Å²) in [6.07, 6.45) is 0.495. The Morgan fingerprint density at radius 1 is 1.24 bits per heavy atom. The molecule has 8 heteroatoms. The smallest absolute Gasteiger partial charge is 0.318 e. The van der Waals surface area contributed by atoms with Gasteiger partial charge in [-0.1, -0.05) is 19.1 Å². The van der Waals surface area contributed by atoms with Gasteiger partial charge in [-0.3, -0.25) is 9.59 Å². The highest BCUT2D eigenvalue weighted by Crippen LogP contribution is 2.39. The number of carboxylic acid groups (broad SMARTS) is 1. The standard InChI is InChI=1S/C17H18N2O5S/c1-3-9-19(10-15(20)21)25(23,24)14-8-7-13-16-11(14)5-4-6-12(16)17(22)18(13)2/h4-8H,3,9-10H2,1-2H3,(H,20,21). The first-order valence-electron chi connectivity index (χ1n) is 7.84. The van der Waals surface area contributed by atoms with Gasteiger partial charge in [0.1, 0.15) is 6.54 Å². The Labute approximate surface area is 145 Å². The Hall–Kier alpha value is -2.45. The summed E-state index contributed by atoms with van der Waals surface area (Å²) in [5.74, 6) is -1.40. The molecular weight excluding hydrogens is 344 g/mol. The summed E-state index contributed by atoms with van der Waals surface area (Å²) in [4.78, 5) is 24.9. The van der Waals surface area contributed by atoms with Gasteiger partial charge in [0.15, 0.2) is 0 Å². The predicted octanol–water partition coefficient (Wildman–Crippen LogP) is 1.92. The lowest BCUT2D eigenvalue weighted by molar-refractivity contribution is -0.137. The average molecular weight is 362 g/mol. The van der Waals surface area contributed by atoms with E-state index >= 15 is 0 Å². The lowest BCUT2D eigenvalue weighted by Crippen LogP contribution is -2.36. The number of anilines is 1. The summed E-state index contributed by atoms with van der Waals surface area (Å²) in [5, 5.41) is 10.1. The molecule has 1 heterocycles. The maximum absolute atomic E-state index is 13.0. The van der Waals surface area contributed by atoms with Crippen LogP contribution in [0.25, 0.3) is 10.8 Å². The number of carbonyl (C=O) groups excluding carboxylic acids is 1. The zero-order valence-electron chi connectivity index (χ0n) is 13.9. The van der Waals surface area contributed by atoms with E-state index in [1.165, 1.54) is 11.0 Å². The number of amides is 1. The van der Waals surface area contributed by atoms with Crippen LogP contribution in [0.4, 0.5) is 5.69 Å². The van der Waals surface area contributed by atoms with Crippen LogP contribution in [0, 0.1) is 0 Å². The van der Waals surface area contributed by atoms with E-state index in [9.17, 15) is 18.0 Å². The van der Waals surface area contributed by atoms with Gasteiger partial charge in [0.2, 0.25) is 10.0 Å². The number of sulfonamides is 1. The first-order valence-corrected chi connectivity index (χ1v) is 9.28. The van der Waals surface area contributed by atoms with Crippen molar-refractivity contribution in [2.24, 2.45) is 0 Å². The van der Waals surface area contributed by atoms with E-state index in [1.54, 1.807) is 38.2 Å². The summed E-state index contributed by atoms with van der Waals surface area (Å²) < 4.78 is 27.0. The van der Waals surface area contributed by atoms with Crippen LogP contribution in [0.2, 0.25) is 0 Å². The molecule has 0 bridgehead atoms. The van der Waals surface area contributed by atoms with E-state index in [2.05, 4.69) is 0 Å². The second-order valence-electron chi connectivity index (χ2n) is 5.91. The molecule has 0 saturated heterocycles. The van der Waals surface area contributed by atoms with E-state index in [-0.39, 0.29) is 17.3 Å². The van der Waals surface area contributed by atoms with E-state index in [0.717, 1.165) is 4.31 Å². The minimum absolute atomic E-state index is 0.0194. The molecular formula is C17H18N2O5S. The number of carboxylic acids is 1. The van der Waals surface area contributed by atoms with Gasteiger partial charge in [-0.15, -0.1) is 0 Å². The molecule has 1 N–H and O–H groups in total. The second kappa shape index (κ2) is 6.12. The number of benzene rings is 2. The van der Waals surface area contributed by atoms with Gasteiger partial charge in [-0.05, 0) is 24.6 Å². The zero-order chi connectivity index (χ0) is 18.4. The summed E-state index contributed by atoms with van der Waals surface area (Å²) >= 11 is 0. The molecule has 0 aliphatic carbocycles. The summed E-state index contributed by atoms with van der Waals surface area (Å²) in [5.41, 5.74) is 1.10. The van der Waals surface area contributed by atoms with Crippen molar-refractivity contribution in [2.75, 3.05) is 25.0 Å². The monoisotopic (exact) mass is 362 g/mol. The van der Waals surface area contributed by atoms with Crippen molar-refractivity contribution in [1.29, 1.82) is 0 Å². The Morgan fingerprint density at radius 3 is 2.60 bits per heavy atom. The van der Waals surface area contributed by atoms with Crippen LogP contribution in [0.1, 0.15) is 23.7 Å². The SMILES string of the molecule is CCCN(CC(=O)O)S(=O)(=O)c1ccc2c3c(cccc13)C(=O)N2C. The van der Waals surface area contributed by atoms with Crippen LogP contribution in [0.15, 0.2) is 35.2 Å². The van der Waals surface area contributed by atoms with E-state index in [4.69, 9.17) is 5.11 Å². The minimum Gasteiger partial charge on any atom is -0.480 e. The van der Waals surface area contributed by atoms with Crippen molar-refractivity contribution >= 4 is 38.4 Å². The number of rotatable bonds is 6. The highest BCUT2D eigenvalue weighted by molar-refractivity contribution is 7.89. The lowest BCUT2D eigenvalue weighted by atomic mass is 10.1. The number of carbonyl (C=O) groups is 2. The van der Waals surface area contributed by atoms with Crippen molar-refractivity contribution in [3.8, 4) is 0 Å².